The number of nitrogens with one attached hydrogen (secondary N) is 1. The van der Waals surface area contributed by atoms with Gasteiger partial charge in [-0.15, -0.1) is 11.3 Å². The second-order valence-electron chi connectivity index (χ2n) is 14.6. The van der Waals surface area contributed by atoms with E-state index in [4.69, 9.17) is 14.4 Å². The number of para-hydroxylation sites is 2. The summed E-state index contributed by atoms with van der Waals surface area (Å²) in [4.78, 5) is 10.1. The average Bonchev–Trinajstić information content (AvgIpc) is 3.96. The Morgan fingerprint density at radius 1 is 0.509 bits per heavy atom. The first-order valence-corrected chi connectivity index (χ1v) is 20.0. The van der Waals surface area contributed by atoms with Gasteiger partial charge in [0.25, 0.3) is 0 Å². The summed E-state index contributed by atoms with van der Waals surface area (Å²) < 4.78 is 11.5. The summed E-state index contributed by atoms with van der Waals surface area (Å²) in [5, 5.41) is 10.9. The molecule has 12 rings (SSSR count). The van der Waals surface area contributed by atoms with Crippen LogP contribution in [0.4, 0.5) is 0 Å². The minimum absolute atomic E-state index is 0.291. The molecule has 8 aromatic carbocycles. The molecule has 0 spiro atoms. The molecular weight excluding hydrogens is 717 g/mol. The Morgan fingerprint density at radius 3 is 1.95 bits per heavy atom. The minimum Gasteiger partial charge on any atom is -0.456 e. The molecule has 1 aliphatic rings. The molecule has 0 aliphatic carbocycles. The Labute approximate surface area is 331 Å². The molecule has 5 nitrogen and oxygen atoms in total. The van der Waals surface area contributed by atoms with Gasteiger partial charge < -0.3 is 14.3 Å². The number of aliphatic imine (C=N–C) groups is 2. The van der Waals surface area contributed by atoms with Crippen molar-refractivity contribution >= 4 is 86.9 Å². The number of rotatable bonds is 5. The van der Waals surface area contributed by atoms with Gasteiger partial charge in [-0.3, -0.25) is 0 Å². The van der Waals surface area contributed by atoms with Crippen LogP contribution in [0.2, 0.25) is 0 Å². The highest BCUT2D eigenvalue weighted by atomic mass is 32.1. The van der Waals surface area contributed by atoms with Crippen LogP contribution in [-0.4, -0.2) is 16.2 Å². The molecule has 57 heavy (non-hydrogen) atoms. The van der Waals surface area contributed by atoms with E-state index in [2.05, 4.69) is 155 Å². The van der Waals surface area contributed by atoms with Crippen LogP contribution in [-0.2, 0) is 0 Å². The van der Waals surface area contributed by atoms with Crippen molar-refractivity contribution in [2.24, 2.45) is 9.98 Å². The monoisotopic (exact) mass is 748 g/mol. The van der Waals surface area contributed by atoms with E-state index < -0.39 is 0 Å². The van der Waals surface area contributed by atoms with Gasteiger partial charge in [-0.2, -0.15) is 0 Å². The maximum absolute atomic E-state index is 6.68. The Bertz CT molecular complexity index is 3390. The third kappa shape index (κ3) is 5.08. The first kappa shape index (κ1) is 32.0. The number of fused-ring (bicyclic) bond motifs is 9. The van der Waals surface area contributed by atoms with Crippen LogP contribution >= 0.6 is 11.3 Å². The molecule has 0 saturated heterocycles. The second kappa shape index (κ2) is 12.6. The third-order valence-corrected chi connectivity index (χ3v) is 12.4. The zero-order chi connectivity index (χ0) is 37.5. The first-order chi connectivity index (χ1) is 28.2. The summed E-state index contributed by atoms with van der Waals surface area (Å²) in [6, 6.07) is 64.3. The molecule has 0 saturated carbocycles. The van der Waals surface area contributed by atoms with Gasteiger partial charge in [0.05, 0.1) is 11.0 Å². The summed E-state index contributed by atoms with van der Waals surface area (Å²) in [6.45, 7) is 0. The van der Waals surface area contributed by atoms with Gasteiger partial charge in [-0.05, 0) is 59.2 Å². The smallest absolute Gasteiger partial charge is 0.159 e. The molecule has 268 valence electrons. The van der Waals surface area contributed by atoms with Crippen molar-refractivity contribution in [3.63, 3.8) is 0 Å². The summed E-state index contributed by atoms with van der Waals surface area (Å²) in [7, 11) is 0. The zero-order valence-corrected chi connectivity index (χ0v) is 31.4. The SMILES string of the molecule is c1ccc(C2=NC(c3ccc4c(c3)sc3cccc(-c5cccc6oc7cc(-n8c9ccccc9c9ccccc98)ccc7c56)c34)NC(c3ccccc3)=N2)cc1. The van der Waals surface area contributed by atoms with Crippen LogP contribution in [0.5, 0.6) is 0 Å². The number of hydrogen-bond donors (Lipinski definition) is 1. The van der Waals surface area contributed by atoms with Crippen LogP contribution in [0.3, 0.4) is 0 Å². The molecule has 1 atom stereocenters. The number of thiophene rings is 1. The number of nitrogens with zero attached hydrogens (tertiary/aromatic N) is 3. The van der Waals surface area contributed by atoms with E-state index in [-0.39, 0.29) is 6.17 Å². The number of furan rings is 1. The lowest BCUT2D eigenvalue weighted by atomic mass is 9.95. The Balaban J connectivity index is 0.978. The molecule has 0 bridgehead atoms. The first-order valence-electron chi connectivity index (χ1n) is 19.2. The van der Waals surface area contributed by atoms with Gasteiger partial charge in [-0.1, -0.05) is 133 Å². The molecule has 4 heterocycles. The zero-order valence-electron chi connectivity index (χ0n) is 30.6. The number of hydrogen-bond acceptors (Lipinski definition) is 5. The van der Waals surface area contributed by atoms with Crippen LogP contribution in [0, 0.1) is 0 Å². The van der Waals surface area contributed by atoms with E-state index in [1.54, 1.807) is 0 Å². The van der Waals surface area contributed by atoms with Crippen molar-refractivity contribution in [3.05, 3.63) is 199 Å². The van der Waals surface area contributed by atoms with E-state index in [0.717, 1.165) is 56.0 Å². The summed E-state index contributed by atoms with van der Waals surface area (Å²) in [5.74, 6) is 1.54. The molecular formula is C51H32N4OS. The Hall–Kier alpha value is -7.28. The van der Waals surface area contributed by atoms with Crippen molar-refractivity contribution in [1.82, 2.24) is 9.88 Å². The lowest BCUT2D eigenvalue weighted by Crippen LogP contribution is -2.33. The fourth-order valence-corrected chi connectivity index (χ4v) is 9.88. The van der Waals surface area contributed by atoms with Crippen molar-refractivity contribution < 1.29 is 4.42 Å². The quantitative estimate of drug-likeness (QED) is 0.191. The topological polar surface area (TPSA) is 54.8 Å². The molecule has 0 radical (unpaired) electrons. The van der Waals surface area contributed by atoms with Gasteiger partial charge >= 0.3 is 0 Å². The van der Waals surface area contributed by atoms with E-state index in [0.29, 0.717) is 0 Å². The summed E-state index contributed by atoms with van der Waals surface area (Å²) in [5.41, 5.74) is 10.7. The molecule has 0 amide bonds. The van der Waals surface area contributed by atoms with Crippen molar-refractivity contribution in [1.29, 1.82) is 0 Å². The van der Waals surface area contributed by atoms with Crippen molar-refractivity contribution in [3.8, 4) is 16.8 Å². The maximum atomic E-state index is 6.68. The normalized spacial score (nSPS) is 14.5. The highest BCUT2D eigenvalue weighted by Crippen LogP contribution is 2.45. The van der Waals surface area contributed by atoms with Crippen LogP contribution in [0.25, 0.3) is 80.7 Å². The van der Waals surface area contributed by atoms with Gasteiger partial charge in [0.15, 0.2) is 5.84 Å². The lowest BCUT2D eigenvalue weighted by molar-refractivity contribution is 0.668. The van der Waals surface area contributed by atoms with Crippen molar-refractivity contribution in [2.75, 3.05) is 0 Å². The molecule has 3 aromatic heterocycles. The van der Waals surface area contributed by atoms with Gasteiger partial charge in [0, 0.05) is 64.6 Å². The number of aromatic nitrogens is 1. The largest absolute Gasteiger partial charge is 0.456 e. The van der Waals surface area contributed by atoms with Crippen molar-refractivity contribution in [2.45, 2.75) is 6.17 Å². The van der Waals surface area contributed by atoms with Gasteiger partial charge in [0.2, 0.25) is 0 Å². The van der Waals surface area contributed by atoms with Gasteiger partial charge in [0.1, 0.15) is 23.2 Å². The Kier molecular flexibility index (Phi) is 7.09. The third-order valence-electron chi connectivity index (χ3n) is 11.3. The summed E-state index contributed by atoms with van der Waals surface area (Å²) >= 11 is 1.82. The number of benzene rings is 8. The highest BCUT2D eigenvalue weighted by molar-refractivity contribution is 7.26. The average molecular weight is 749 g/mol. The molecule has 1 aliphatic heterocycles. The molecule has 6 heteroatoms. The molecule has 1 unspecified atom stereocenters. The minimum atomic E-state index is -0.291. The van der Waals surface area contributed by atoms with E-state index >= 15 is 0 Å². The molecule has 0 fully saturated rings. The summed E-state index contributed by atoms with van der Waals surface area (Å²) in [6.07, 6.45) is -0.291. The second-order valence-corrected chi connectivity index (χ2v) is 15.6. The molecule has 11 aromatic rings. The molecule has 1 N–H and O–H groups in total. The van der Waals surface area contributed by atoms with Crippen LogP contribution in [0.1, 0.15) is 22.9 Å². The fraction of sp³-hybridized carbons (Fsp3) is 0.0196. The predicted molar refractivity (Wildman–Crippen MR) is 238 cm³/mol. The van der Waals surface area contributed by atoms with Crippen LogP contribution in [0.15, 0.2) is 196 Å². The fourth-order valence-electron chi connectivity index (χ4n) is 8.69. The van der Waals surface area contributed by atoms with Crippen LogP contribution < -0.4 is 5.32 Å². The lowest BCUT2D eigenvalue weighted by Gasteiger charge is -2.23. The number of amidine groups is 2. The Morgan fingerprint density at radius 2 is 1.18 bits per heavy atom. The predicted octanol–water partition coefficient (Wildman–Crippen LogP) is 13.2. The highest BCUT2D eigenvalue weighted by Gasteiger charge is 2.23. The maximum Gasteiger partial charge on any atom is 0.159 e. The van der Waals surface area contributed by atoms with E-state index in [9.17, 15) is 0 Å². The standard InChI is InChI=1S/C51H32N4OS/c1-3-13-31(14-4-1)49-52-50(32-15-5-2-6-16-32)54-51(53-49)33-25-27-40-46(29-33)57-45-24-12-20-38(48(40)45)37-19-11-23-43-47(37)39-28-26-34(30-44(39)56-43)55-41-21-9-7-17-35(41)36-18-8-10-22-42(36)55/h1-30,51H,(H,52,53,54). The van der Waals surface area contributed by atoms with Gasteiger partial charge in [-0.25, -0.2) is 9.98 Å². The van der Waals surface area contributed by atoms with E-state index in [1.165, 1.54) is 53.1 Å². The van der Waals surface area contributed by atoms with E-state index in [1.807, 2.05) is 47.7 Å².